The van der Waals surface area contributed by atoms with Crippen molar-refractivity contribution in [1.29, 1.82) is 0 Å². The molecule has 8 heteroatoms. The Morgan fingerprint density at radius 3 is 3.08 bits per heavy atom. The van der Waals surface area contributed by atoms with Crippen LogP contribution in [0.1, 0.15) is 29.8 Å². The largest absolute Gasteiger partial charge is 0.437 e. The number of rotatable bonds is 3. The first-order valence-corrected chi connectivity index (χ1v) is 8.09. The Labute approximate surface area is 137 Å². The Morgan fingerprint density at radius 1 is 1.38 bits per heavy atom. The fourth-order valence-corrected chi connectivity index (χ4v) is 3.72. The first kappa shape index (κ1) is 13.7. The molecule has 0 aromatic carbocycles. The molecule has 2 aliphatic heterocycles. The van der Waals surface area contributed by atoms with E-state index in [0.717, 1.165) is 18.2 Å². The molecule has 0 aliphatic carbocycles. The summed E-state index contributed by atoms with van der Waals surface area (Å²) in [6.45, 7) is 0. The Balaban J connectivity index is 1.39. The molecule has 2 aliphatic rings. The second-order valence-corrected chi connectivity index (χ2v) is 6.40. The van der Waals surface area contributed by atoms with Gasteiger partial charge in [0, 0.05) is 29.6 Å². The fourth-order valence-electron chi connectivity index (χ4n) is 3.72. The molecule has 0 unspecified atom stereocenters. The van der Waals surface area contributed by atoms with E-state index in [1.54, 1.807) is 24.7 Å². The monoisotopic (exact) mass is 324 g/mol. The number of furan rings is 1. The lowest BCUT2D eigenvalue weighted by Crippen LogP contribution is -2.43. The third kappa shape index (κ3) is 2.18. The highest BCUT2D eigenvalue weighted by Gasteiger charge is 2.39. The van der Waals surface area contributed by atoms with Gasteiger partial charge in [-0.15, -0.1) is 5.10 Å². The van der Waals surface area contributed by atoms with Gasteiger partial charge >= 0.3 is 0 Å². The van der Waals surface area contributed by atoms with Crippen LogP contribution in [0.25, 0.3) is 16.9 Å². The first-order valence-electron chi connectivity index (χ1n) is 8.09. The molecule has 2 saturated heterocycles. The van der Waals surface area contributed by atoms with Crippen LogP contribution in [-0.2, 0) is 0 Å². The van der Waals surface area contributed by atoms with Gasteiger partial charge in [0.2, 0.25) is 5.88 Å². The number of nitrogens with zero attached hydrogens (tertiary/aromatic N) is 4. The highest BCUT2D eigenvalue weighted by Crippen LogP contribution is 2.28. The molecule has 3 aromatic rings. The molecule has 0 spiro atoms. The lowest BCUT2D eigenvalue weighted by Gasteiger charge is -2.21. The van der Waals surface area contributed by atoms with E-state index in [-0.39, 0.29) is 11.9 Å². The van der Waals surface area contributed by atoms with Gasteiger partial charge in [0.25, 0.3) is 5.91 Å². The summed E-state index contributed by atoms with van der Waals surface area (Å²) in [5, 5.41) is 15.1. The van der Waals surface area contributed by atoms with E-state index in [4.69, 9.17) is 4.42 Å². The lowest BCUT2D eigenvalue weighted by molar-refractivity contribution is 0.0926. The van der Waals surface area contributed by atoms with Crippen molar-refractivity contribution in [2.24, 2.45) is 0 Å². The van der Waals surface area contributed by atoms with Gasteiger partial charge in [0.1, 0.15) is 5.69 Å². The predicted octanol–water partition coefficient (Wildman–Crippen LogP) is 1.03. The van der Waals surface area contributed by atoms with E-state index in [1.165, 1.54) is 11.1 Å². The predicted molar refractivity (Wildman–Crippen MR) is 84.7 cm³/mol. The summed E-state index contributed by atoms with van der Waals surface area (Å²) in [7, 11) is 0. The number of carbonyl (C=O) groups is 1. The minimum absolute atomic E-state index is 0.139. The van der Waals surface area contributed by atoms with E-state index >= 15 is 0 Å². The van der Waals surface area contributed by atoms with Crippen LogP contribution in [0.5, 0.6) is 0 Å². The van der Waals surface area contributed by atoms with E-state index < -0.39 is 0 Å². The summed E-state index contributed by atoms with van der Waals surface area (Å²) < 4.78 is 7.21. The van der Waals surface area contributed by atoms with Gasteiger partial charge in [-0.05, 0) is 25.3 Å². The minimum atomic E-state index is -0.139. The molecule has 5 heterocycles. The topological polar surface area (TPSA) is 97.9 Å². The Bertz CT molecular complexity index is 903. The second kappa shape index (κ2) is 5.13. The zero-order chi connectivity index (χ0) is 16.1. The fraction of sp³-hybridized carbons (Fsp3) is 0.375. The minimum Gasteiger partial charge on any atom is -0.437 e. The van der Waals surface area contributed by atoms with Crippen LogP contribution < -0.4 is 10.6 Å². The normalized spacial score (nSPS) is 25.4. The maximum Gasteiger partial charge on any atom is 0.270 e. The van der Waals surface area contributed by atoms with Crippen LogP contribution in [0, 0.1) is 0 Å². The summed E-state index contributed by atoms with van der Waals surface area (Å²) in [4.78, 5) is 16.7. The first-order chi connectivity index (χ1) is 11.8. The Hall–Kier alpha value is -2.74. The number of fused-ring (bicyclic) bond motifs is 3. The van der Waals surface area contributed by atoms with Gasteiger partial charge in [-0.3, -0.25) is 4.79 Å². The van der Waals surface area contributed by atoms with Gasteiger partial charge in [0.05, 0.1) is 18.6 Å². The van der Waals surface area contributed by atoms with Crippen molar-refractivity contribution in [3.8, 4) is 5.88 Å². The van der Waals surface area contributed by atoms with Crippen LogP contribution in [0.3, 0.4) is 0 Å². The van der Waals surface area contributed by atoms with E-state index in [2.05, 4.69) is 25.9 Å². The SMILES string of the molecule is O=C(N[C@@H]1C[C@H]2CC[C@@H]1N2)c1cc2cc(-n3ccnn3)oc2cn1. The molecular formula is C16H16N6O2. The summed E-state index contributed by atoms with van der Waals surface area (Å²) in [5.41, 5.74) is 1.01. The Kier molecular flexibility index (Phi) is 2.93. The van der Waals surface area contributed by atoms with Crippen molar-refractivity contribution in [2.45, 2.75) is 37.4 Å². The smallest absolute Gasteiger partial charge is 0.270 e. The van der Waals surface area contributed by atoms with Gasteiger partial charge < -0.3 is 15.1 Å². The molecule has 122 valence electrons. The van der Waals surface area contributed by atoms with E-state index in [0.29, 0.717) is 29.2 Å². The molecule has 8 nitrogen and oxygen atoms in total. The standard InChI is InChI=1S/C16H16N6O2/c23-16(20-12-7-10-1-2-11(12)19-10)13-5-9-6-15(22-4-3-18-21-22)24-14(9)8-17-13/h3-6,8,10-12,19H,1-2,7H2,(H,20,23)/t10-,11+,12-/m1/s1. The maximum atomic E-state index is 12.5. The third-order valence-corrected chi connectivity index (χ3v) is 4.89. The number of pyridine rings is 1. The van der Waals surface area contributed by atoms with E-state index in [9.17, 15) is 4.79 Å². The molecule has 0 radical (unpaired) electrons. The molecule has 2 fully saturated rings. The third-order valence-electron chi connectivity index (χ3n) is 4.89. The zero-order valence-electron chi connectivity index (χ0n) is 12.8. The van der Waals surface area contributed by atoms with Crippen molar-refractivity contribution >= 4 is 16.9 Å². The van der Waals surface area contributed by atoms with Crippen molar-refractivity contribution in [1.82, 2.24) is 30.6 Å². The van der Waals surface area contributed by atoms with Gasteiger partial charge in [-0.2, -0.15) is 4.68 Å². The molecule has 0 saturated carbocycles. The zero-order valence-corrected chi connectivity index (χ0v) is 12.8. The molecule has 3 aromatic heterocycles. The van der Waals surface area contributed by atoms with Gasteiger partial charge in [0.15, 0.2) is 5.58 Å². The number of hydrogen-bond donors (Lipinski definition) is 2. The van der Waals surface area contributed by atoms with Crippen LogP contribution in [0.2, 0.25) is 0 Å². The summed E-state index contributed by atoms with van der Waals surface area (Å²) in [5.74, 6) is 0.402. The van der Waals surface area contributed by atoms with Crippen molar-refractivity contribution < 1.29 is 9.21 Å². The molecule has 3 atom stereocenters. The van der Waals surface area contributed by atoms with Crippen LogP contribution in [0.4, 0.5) is 0 Å². The molecule has 24 heavy (non-hydrogen) atoms. The molecule has 5 rings (SSSR count). The number of hydrogen-bond acceptors (Lipinski definition) is 6. The Morgan fingerprint density at radius 2 is 2.33 bits per heavy atom. The number of aromatic nitrogens is 4. The van der Waals surface area contributed by atoms with Gasteiger partial charge in [-0.25, -0.2) is 4.98 Å². The van der Waals surface area contributed by atoms with Crippen LogP contribution in [-0.4, -0.2) is 44.0 Å². The number of amides is 1. The highest BCUT2D eigenvalue weighted by atomic mass is 16.4. The van der Waals surface area contributed by atoms with Crippen molar-refractivity contribution in [2.75, 3.05) is 0 Å². The van der Waals surface area contributed by atoms with Crippen LogP contribution >= 0.6 is 0 Å². The average Bonchev–Trinajstić information content (AvgIpc) is 3.35. The molecular weight excluding hydrogens is 308 g/mol. The molecule has 2 bridgehead atoms. The summed E-state index contributed by atoms with van der Waals surface area (Å²) in [6, 6.07) is 4.71. The van der Waals surface area contributed by atoms with Crippen molar-refractivity contribution in [3.63, 3.8) is 0 Å². The summed E-state index contributed by atoms with van der Waals surface area (Å²) >= 11 is 0. The lowest BCUT2D eigenvalue weighted by atomic mass is 9.95. The molecule has 1 amide bonds. The number of carbonyl (C=O) groups excluding carboxylic acids is 1. The average molecular weight is 324 g/mol. The molecule has 2 N–H and O–H groups in total. The van der Waals surface area contributed by atoms with E-state index in [1.807, 2.05) is 6.07 Å². The van der Waals surface area contributed by atoms with Crippen molar-refractivity contribution in [3.05, 3.63) is 36.4 Å². The quantitative estimate of drug-likeness (QED) is 0.747. The second-order valence-electron chi connectivity index (χ2n) is 6.40. The highest BCUT2D eigenvalue weighted by molar-refractivity contribution is 5.96. The maximum absolute atomic E-state index is 12.5. The number of nitrogens with one attached hydrogen (secondary N) is 2. The van der Waals surface area contributed by atoms with Gasteiger partial charge in [-0.1, -0.05) is 5.21 Å². The summed E-state index contributed by atoms with van der Waals surface area (Å²) in [6.07, 6.45) is 8.19. The van der Waals surface area contributed by atoms with Crippen LogP contribution in [0.15, 0.2) is 35.1 Å².